The van der Waals surface area contributed by atoms with Gasteiger partial charge in [0.15, 0.2) is 0 Å². The second kappa shape index (κ2) is 7.50. The van der Waals surface area contributed by atoms with Crippen molar-refractivity contribution in [3.8, 4) is 11.3 Å². The van der Waals surface area contributed by atoms with Crippen molar-refractivity contribution in [1.82, 2.24) is 15.0 Å². The number of nitrogens with one attached hydrogen (secondary N) is 1. The summed E-state index contributed by atoms with van der Waals surface area (Å²) < 4.78 is 1.85. The second-order valence-corrected chi connectivity index (χ2v) is 7.61. The Hall–Kier alpha value is -2.33. The van der Waals surface area contributed by atoms with Crippen LogP contribution in [0.15, 0.2) is 54.7 Å². The van der Waals surface area contributed by atoms with Gasteiger partial charge in [-0.2, -0.15) is 0 Å². The van der Waals surface area contributed by atoms with Crippen molar-refractivity contribution in [3.05, 3.63) is 65.3 Å². The lowest BCUT2D eigenvalue weighted by Crippen LogP contribution is -2.21. The first-order valence-electron chi connectivity index (χ1n) is 9.19. The highest BCUT2D eigenvalue weighted by Crippen LogP contribution is 2.29. The van der Waals surface area contributed by atoms with Gasteiger partial charge in [-0.15, -0.1) is 5.10 Å². The quantitative estimate of drug-likeness (QED) is 0.670. The molecule has 1 saturated carbocycles. The van der Waals surface area contributed by atoms with Crippen LogP contribution >= 0.6 is 11.6 Å². The smallest absolute Gasteiger partial charge is 0.113 e. The minimum absolute atomic E-state index is 0.573. The zero-order chi connectivity index (χ0) is 17.9. The molecule has 1 aliphatic carbocycles. The number of hydrogen-bond acceptors (Lipinski definition) is 3. The van der Waals surface area contributed by atoms with E-state index in [0.717, 1.165) is 33.4 Å². The molecule has 0 bridgehead atoms. The third-order valence-corrected chi connectivity index (χ3v) is 5.38. The summed E-state index contributed by atoms with van der Waals surface area (Å²) in [5, 5.41) is 13.0. The molecule has 3 aromatic rings. The van der Waals surface area contributed by atoms with E-state index in [4.69, 9.17) is 11.6 Å². The molecule has 0 radical (unpaired) electrons. The zero-order valence-corrected chi connectivity index (χ0v) is 15.7. The predicted octanol–water partition coefficient (Wildman–Crippen LogP) is 5.25. The predicted molar refractivity (Wildman–Crippen MR) is 106 cm³/mol. The molecule has 1 aliphatic rings. The van der Waals surface area contributed by atoms with Crippen LogP contribution < -0.4 is 5.32 Å². The Morgan fingerprint density at radius 2 is 2.04 bits per heavy atom. The van der Waals surface area contributed by atoms with Gasteiger partial charge in [0, 0.05) is 22.3 Å². The number of rotatable bonds is 5. The van der Waals surface area contributed by atoms with Gasteiger partial charge < -0.3 is 5.32 Å². The summed E-state index contributed by atoms with van der Waals surface area (Å²) >= 11 is 6.06. The number of halogens is 1. The molecule has 0 saturated heterocycles. The Labute approximate surface area is 159 Å². The van der Waals surface area contributed by atoms with Crippen molar-refractivity contribution in [3.63, 3.8) is 0 Å². The second-order valence-electron chi connectivity index (χ2n) is 7.17. The fraction of sp³-hybridized carbons (Fsp3) is 0.333. The molecule has 1 aromatic heterocycles. The molecule has 26 heavy (non-hydrogen) atoms. The van der Waals surface area contributed by atoms with Crippen LogP contribution in [-0.2, 0) is 6.54 Å². The lowest BCUT2D eigenvalue weighted by Gasteiger charge is -2.19. The standard InChI is InChI=1S/C21H23ClN4/c1-15-5-2-10-20(15)23-19-9-4-7-17(12-19)21-14-26(25-24-21)13-16-6-3-8-18(22)11-16/h3-4,6-9,11-12,14-15,20,23H,2,5,10,13H2,1H3. The highest BCUT2D eigenvalue weighted by Gasteiger charge is 2.22. The Morgan fingerprint density at radius 1 is 1.15 bits per heavy atom. The molecule has 2 unspecified atom stereocenters. The summed E-state index contributed by atoms with van der Waals surface area (Å²) in [5.74, 6) is 0.734. The van der Waals surface area contributed by atoms with Crippen molar-refractivity contribution in [2.45, 2.75) is 38.8 Å². The van der Waals surface area contributed by atoms with Crippen LogP contribution in [0.2, 0.25) is 5.02 Å². The van der Waals surface area contributed by atoms with Gasteiger partial charge in [0.1, 0.15) is 5.69 Å². The van der Waals surface area contributed by atoms with E-state index in [-0.39, 0.29) is 0 Å². The summed E-state index contributed by atoms with van der Waals surface area (Å²) in [4.78, 5) is 0. The van der Waals surface area contributed by atoms with Crippen molar-refractivity contribution in [2.24, 2.45) is 5.92 Å². The number of hydrogen-bond donors (Lipinski definition) is 1. The van der Waals surface area contributed by atoms with Gasteiger partial charge in [-0.05, 0) is 48.6 Å². The molecule has 2 atom stereocenters. The summed E-state index contributed by atoms with van der Waals surface area (Å²) in [7, 11) is 0. The Balaban J connectivity index is 1.49. The minimum atomic E-state index is 0.573. The first-order valence-corrected chi connectivity index (χ1v) is 9.57. The molecule has 0 aliphatic heterocycles. The molecule has 2 aromatic carbocycles. The molecular weight excluding hydrogens is 344 g/mol. The fourth-order valence-electron chi connectivity index (χ4n) is 3.67. The first kappa shape index (κ1) is 17.1. The maximum Gasteiger partial charge on any atom is 0.113 e. The minimum Gasteiger partial charge on any atom is -0.382 e. The number of nitrogens with zero attached hydrogens (tertiary/aromatic N) is 3. The highest BCUT2D eigenvalue weighted by atomic mass is 35.5. The van der Waals surface area contributed by atoms with E-state index in [9.17, 15) is 0 Å². The van der Waals surface area contributed by atoms with E-state index in [0.29, 0.717) is 12.6 Å². The Morgan fingerprint density at radius 3 is 2.85 bits per heavy atom. The van der Waals surface area contributed by atoms with E-state index < -0.39 is 0 Å². The van der Waals surface area contributed by atoms with E-state index in [1.54, 1.807) is 0 Å². The van der Waals surface area contributed by atoms with Crippen LogP contribution in [0.5, 0.6) is 0 Å². The molecule has 134 valence electrons. The molecule has 4 rings (SSSR count). The molecule has 1 fully saturated rings. The fourth-order valence-corrected chi connectivity index (χ4v) is 3.89. The van der Waals surface area contributed by atoms with Crippen LogP contribution in [0, 0.1) is 5.92 Å². The van der Waals surface area contributed by atoms with E-state index >= 15 is 0 Å². The van der Waals surface area contributed by atoms with Crippen LogP contribution in [0.25, 0.3) is 11.3 Å². The molecule has 0 amide bonds. The molecule has 5 heteroatoms. The van der Waals surface area contributed by atoms with Crippen molar-refractivity contribution in [2.75, 3.05) is 5.32 Å². The van der Waals surface area contributed by atoms with Gasteiger partial charge in [0.2, 0.25) is 0 Å². The van der Waals surface area contributed by atoms with Gasteiger partial charge in [-0.1, -0.05) is 54.4 Å². The topological polar surface area (TPSA) is 42.7 Å². The molecule has 1 N–H and O–H groups in total. The lowest BCUT2D eigenvalue weighted by atomic mass is 10.1. The van der Waals surface area contributed by atoms with Gasteiger partial charge in [-0.25, -0.2) is 4.68 Å². The Bertz CT molecular complexity index is 889. The maximum atomic E-state index is 6.06. The summed E-state index contributed by atoms with van der Waals surface area (Å²) in [6.45, 7) is 2.99. The average Bonchev–Trinajstić information content (AvgIpc) is 3.25. The molecule has 1 heterocycles. The normalized spacial score (nSPS) is 19.6. The zero-order valence-electron chi connectivity index (χ0n) is 14.9. The third-order valence-electron chi connectivity index (χ3n) is 5.14. The maximum absolute atomic E-state index is 6.06. The highest BCUT2D eigenvalue weighted by molar-refractivity contribution is 6.30. The largest absolute Gasteiger partial charge is 0.382 e. The SMILES string of the molecule is CC1CCCC1Nc1cccc(-c2cn(Cc3cccc(Cl)c3)nn2)c1. The Kier molecular flexibility index (Phi) is 4.93. The van der Waals surface area contributed by atoms with Gasteiger partial charge >= 0.3 is 0 Å². The average molecular weight is 367 g/mol. The van der Waals surface area contributed by atoms with Crippen LogP contribution in [-0.4, -0.2) is 21.0 Å². The molecular formula is C21H23ClN4. The van der Waals surface area contributed by atoms with Crippen molar-refractivity contribution >= 4 is 17.3 Å². The molecule has 0 spiro atoms. The van der Waals surface area contributed by atoms with Crippen LogP contribution in [0.3, 0.4) is 0 Å². The van der Waals surface area contributed by atoms with E-state index in [1.807, 2.05) is 35.1 Å². The summed E-state index contributed by atoms with van der Waals surface area (Å²) in [6, 6.07) is 16.9. The number of benzene rings is 2. The van der Waals surface area contributed by atoms with Gasteiger partial charge in [0.05, 0.1) is 12.7 Å². The van der Waals surface area contributed by atoms with Crippen molar-refractivity contribution < 1.29 is 0 Å². The third kappa shape index (κ3) is 3.91. The first-order chi connectivity index (χ1) is 12.7. The van der Waals surface area contributed by atoms with E-state index in [2.05, 4.69) is 46.8 Å². The monoisotopic (exact) mass is 366 g/mol. The summed E-state index contributed by atoms with van der Waals surface area (Å²) in [5.41, 5.74) is 4.23. The van der Waals surface area contributed by atoms with Gasteiger partial charge in [-0.3, -0.25) is 0 Å². The lowest BCUT2D eigenvalue weighted by molar-refractivity contribution is 0.556. The number of anilines is 1. The van der Waals surface area contributed by atoms with Crippen LogP contribution in [0.4, 0.5) is 5.69 Å². The number of aromatic nitrogens is 3. The summed E-state index contributed by atoms with van der Waals surface area (Å²) in [6.07, 6.45) is 5.87. The van der Waals surface area contributed by atoms with Crippen LogP contribution in [0.1, 0.15) is 31.7 Å². The van der Waals surface area contributed by atoms with Gasteiger partial charge in [0.25, 0.3) is 0 Å². The van der Waals surface area contributed by atoms with Crippen molar-refractivity contribution in [1.29, 1.82) is 0 Å². The molecule has 4 nitrogen and oxygen atoms in total. The van der Waals surface area contributed by atoms with E-state index in [1.165, 1.54) is 19.3 Å².